The van der Waals surface area contributed by atoms with Crippen LogP contribution in [0.15, 0.2) is 29.1 Å². The van der Waals surface area contributed by atoms with Gasteiger partial charge in [0.25, 0.3) is 5.56 Å². The minimum Gasteiger partial charge on any atom is -0.351 e. The predicted octanol–water partition coefficient (Wildman–Crippen LogP) is 1.73. The topological polar surface area (TPSA) is 64.7 Å². The second-order valence-corrected chi connectivity index (χ2v) is 5.19. The molecule has 0 saturated heterocycles. The fourth-order valence-corrected chi connectivity index (χ4v) is 2.40. The van der Waals surface area contributed by atoms with E-state index in [0.29, 0.717) is 29.2 Å². The Kier molecular flexibility index (Phi) is 3.40. The molecule has 0 saturated carbocycles. The van der Waals surface area contributed by atoms with E-state index in [0.717, 1.165) is 5.56 Å². The highest BCUT2D eigenvalue weighted by Gasteiger charge is 2.14. The molecule has 7 heteroatoms. The van der Waals surface area contributed by atoms with Gasteiger partial charge in [-0.05, 0) is 24.6 Å². The third-order valence-electron chi connectivity index (χ3n) is 3.60. The third kappa shape index (κ3) is 2.34. The van der Waals surface area contributed by atoms with Crippen molar-refractivity contribution in [1.82, 2.24) is 19.3 Å². The Morgan fingerprint density at radius 3 is 2.59 bits per heavy atom. The number of aromatic nitrogens is 4. The summed E-state index contributed by atoms with van der Waals surface area (Å²) in [5.74, 6) is 0.180. The Hall–Kier alpha value is -2.70. The number of anilines is 1. The molecule has 114 valence electrons. The molecule has 0 amide bonds. The number of benzene rings is 1. The molecule has 0 unspecified atom stereocenters. The van der Waals surface area contributed by atoms with Crippen LogP contribution in [-0.4, -0.2) is 19.3 Å². The number of hydrogen-bond acceptors (Lipinski definition) is 4. The van der Waals surface area contributed by atoms with Crippen LogP contribution >= 0.6 is 0 Å². The number of rotatable bonds is 3. The molecule has 2 aromatic heterocycles. The van der Waals surface area contributed by atoms with E-state index in [1.807, 2.05) is 6.92 Å². The molecule has 22 heavy (non-hydrogen) atoms. The summed E-state index contributed by atoms with van der Waals surface area (Å²) in [7, 11) is 3.38. The van der Waals surface area contributed by atoms with E-state index >= 15 is 0 Å². The Labute approximate surface area is 126 Å². The van der Waals surface area contributed by atoms with Gasteiger partial charge in [-0.25, -0.2) is 9.37 Å². The first-order valence-corrected chi connectivity index (χ1v) is 6.86. The Morgan fingerprint density at radius 1 is 1.23 bits per heavy atom. The molecule has 6 nitrogen and oxygen atoms in total. The first kappa shape index (κ1) is 14.2. The van der Waals surface area contributed by atoms with Gasteiger partial charge in [0, 0.05) is 20.6 Å². The van der Waals surface area contributed by atoms with Crippen molar-refractivity contribution in [2.45, 2.75) is 13.5 Å². The molecule has 3 aromatic rings. The summed E-state index contributed by atoms with van der Waals surface area (Å²) in [5, 5.41) is 7.34. The van der Waals surface area contributed by atoms with Gasteiger partial charge in [0.05, 0.1) is 5.69 Å². The van der Waals surface area contributed by atoms with Crippen molar-refractivity contribution < 1.29 is 4.39 Å². The van der Waals surface area contributed by atoms with Crippen molar-refractivity contribution in [3.8, 4) is 0 Å². The molecule has 0 aliphatic carbocycles. The van der Waals surface area contributed by atoms with Crippen LogP contribution in [0.5, 0.6) is 0 Å². The number of hydrogen-bond donors (Lipinski definition) is 1. The zero-order valence-electron chi connectivity index (χ0n) is 12.6. The quantitative estimate of drug-likeness (QED) is 0.800. The van der Waals surface area contributed by atoms with E-state index < -0.39 is 0 Å². The molecule has 0 fully saturated rings. The van der Waals surface area contributed by atoms with E-state index in [1.165, 1.54) is 16.7 Å². The number of aryl methyl sites for hydroxylation is 2. The van der Waals surface area contributed by atoms with Crippen molar-refractivity contribution in [2.75, 3.05) is 5.32 Å². The van der Waals surface area contributed by atoms with E-state index in [1.54, 1.807) is 30.9 Å². The lowest BCUT2D eigenvalue weighted by molar-refractivity contribution is 0.627. The van der Waals surface area contributed by atoms with E-state index in [4.69, 9.17) is 0 Å². The number of fused-ring (bicyclic) bond motifs is 1. The van der Waals surface area contributed by atoms with Crippen LogP contribution in [0.3, 0.4) is 0 Å². The summed E-state index contributed by atoms with van der Waals surface area (Å²) in [6, 6.07) is 6.18. The van der Waals surface area contributed by atoms with Gasteiger partial charge in [-0.2, -0.15) is 5.10 Å². The molecule has 0 aliphatic heterocycles. The van der Waals surface area contributed by atoms with Crippen LogP contribution in [0.4, 0.5) is 10.3 Å². The van der Waals surface area contributed by atoms with Crippen LogP contribution in [0.2, 0.25) is 0 Å². The lowest BCUT2D eigenvalue weighted by Gasteiger charge is -2.10. The summed E-state index contributed by atoms with van der Waals surface area (Å²) in [5.41, 5.74) is 2.52. The van der Waals surface area contributed by atoms with Gasteiger partial charge in [-0.15, -0.1) is 0 Å². The second-order valence-electron chi connectivity index (χ2n) is 5.19. The van der Waals surface area contributed by atoms with Gasteiger partial charge in [0.2, 0.25) is 5.95 Å². The highest BCUT2D eigenvalue weighted by atomic mass is 19.1. The van der Waals surface area contributed by atoms with Gasteiger partial charge in [0.15, 0.2) is 5.52 Å². The fourth-order valence-electron chi connectivity index (χ4n) is 2.40. The molecule has 0 aliphatic rings. The highest BCUT2D eigenvalue weighted by Crippen LogP contribution is 2.14. The van der Waals surface area contributed by atoms with Gasteiger partial charge in [0.1, 0.15) is 11.3 Å². The van der Waals surface area contributed by atoms with Gasteiger partial charge in [-0.1, -0.05) is 12.1 Å². The van der Waals surface area contributed by atoms with Gasteiger partial charge < -0.3 is 5.32 Å². The van der Waals surface area contributed by atoms with Crippen LogP contribution < -0.4 is 10.9 Å². The third-order valence-corrected chi connectivity index (χ3v) is 3.60. The summed E-state index contributed by atoms with van der Waals surface area (Å²) in [6.45, 7) is 2.27. The van der Waals surface area contributed by atoms with E-state index in [9.17, 15) is 9.18 Å². The zero-order chi connectivity index (χ0) is 15.9. The first-order chi connectivity index (χ1) is 10.5. The summed E-state index contributed by atoms with van der Waals surface area (Å²) >= 11 is 0. The summed E-state index contributed by atoms with van der Waals surface area (Å²) in [6.07, 6.45) is 0. The largest absolute Gasteiger partial charge is 0.351 e. The maximum atomic E-state index is 12.9. The van der Waals surface area contributed by atoms with Gasteiger partial charge >= 0.3 is 0 Å². The minimum atomic E-state index is -0.276. The molecule has 0 bridgehead atoms. The number of nitrogens with one attached hydrogen (secondary N) is 1. The Bertz CT molecular complexity index is 895. The predicted molar refractivity (Wildman–Crippen MR) is 82.2 cm³/mol. The SMILES string of the molecule is Cc1nn(C)c2c(=O)n(C)c(NCc3ccc(F)cc3)nc12. The number of nitrogens with zero attached hydrogens (tertiary/aromatic N) is 4. The van der Waals surface area contributed by atoms with E-state index in [-0.39, 0.29) is 11.4 Å². The maximum Gasteiger partial charge on any atom is 0.280 e. The monoisotopic (exact) mass is 301 g/mol. The molecular formula is C15H16FN5O. The summed E-state index contributed by atoms with van der Waals surface area (Å²) in [4.78, 5) is 16.9. The Morgan fingerprint density at radius 2 is 1.91 bits per heavy atom. The molecule has 1 aromatic carbocycles. The van der Waals surface area contributed by atoms with Crippen LogP contribution in [-0.2, 0) is 20.6 Å². The average Bonchev–Trinajstić information content (AvgIpc) is 2.77. The van der Waals surface area contributed by atoms with Crippen molar-refractivity contribution >= 4 is 17.0 Å². The van der Waals surface area contributed by atoms with Crippen molar-refractivity contribution in [3.63, 3.8) is 0 Å². The van der Waals surface area contributed by atoms with Crippen LogP contribution in [0, 0.1) is 12.7 Å². The normalized spacial score (nSPS) is 11.1. The lowest BCUT2D eigenvalue weighted by atomic mass is 10.2. The maximum absolute atomic E-state index is 12.9. The first-order valence-electron chi connectivity index (χ1n) is 6.86. The number of halogens is 1. The molecule has 0 atom stereocenters. The van der Waals surface area contributed by atoms with Crippen LogP contribution in [0.1, 0.15) is 11.3 Å². The van der Waals surface area contributed by atoms with E-state index in [2.05, 4.69) is 15.4 Å². The lowest BCUT2D eigenvalue weighted by Crippen LogP contribution is -2.23. The van der Waals surface area contributed by atoms with Crippen molar-refractivity contribution in [1.29, 1.82) is 0 Å². The highest BCUT2D eigenvalue weighted by molar-refractivity contribution is 5.77. The van der Waals surface area contributed by atoms with Crippen LogP contribution in [0.25, 0.3) is 11.0 Å². The Balaban J connectivity index is 1.97. The summed E-state index contributed by atoms with van der Waals surface area (Å²) < 4.78 is 15.9. The standard InChI is InChI=1S/C15H16FN5O/c1-9-12-13(21(3)19-9)14(22)20(2)15(18-12)17-8-10-4-6-11(16)7-5-10/h4-7H,8H2,1-3H3,(H,17,18). The molecule has 2 heterocycles. The molecule has 3 rings (SSSR count). The molecule has 0 radical (unpaired) electrons. The fraction of sp³-hybridized carbons (Fsp3) is 0.267. The minimum absolute atomic E-state index is 0.158. The zero-order valence-corrected chi connectivity index (χ0v) is 12.6. The smallest absolute Gasteiger partial charge is 0.280 e. The van der Waals surface area contributed by atoms with Crippen molar-refractivity contribution in [3.05, 3.63) is 51.7 Å². The second kappa shape index (κ2) is 5.25. The molecular weight excluding hydrogens is 285 g/mol. The van der Waals surface area contributed by atoms with Crippen molar-refractivity contribution in [2.24, 2.45) is 14.1 Å². The van der Waals surface area contributed by atoms with Gasteiger partial charge in [-0.3, -0.25) is 14.0 Å². The molecule has 0 spiro atoms. The average molecular weight is 301 g/mol. The molecule has 1 N–H and O–H groups in total.